The summed E-state index contributed by atoms with van der Waals surface area (Å²) in [6.07, 6.45) is 1.47. The van der Waals surface area contributed by atoms with Crippen LogP contribution in [0.15, 0.2) is 17.0 Å². The molecule has 2 aromatic rings. The van der Waals surface area contributed by atoms with Crippen LogP contribution in [0.2, 0.25) is 10.3 Å². The van der Waals surface area contributed by atoms with Crippen LogP contribution in [-0.4, -0.2) is 9.97 Å². The van der Waals surface area contributed by atoms with Crippen LogP contribution in [0, 0.1) is 6.92 Å². The zero-order valence-electron chi connectivity index (χ0n) is 7.79. The van der Waals surface area contributed by atoms with Gasteiger partial charge in [-0.1, -0.05) is 11.6 Å². The molecule has 0 fully saturated rings. The van der Waals surface area contributed by atoms with E-state index >= 15 is 0 Å². The summed E-state index contributed by atoms with van der Waals surface area (Å²) in [7, 11) is 0. The van der Waals surface area contributed by atoms with Crippen molar-refractivity contribution < 1.29 is 0 Å². The Kier molecular flexibility index (Phi) is 3.09. The molecule has 0 spiro atoms. The average molecular weight is 260 g/mol. The van der Waals surface area contributed by atoms with Gasteiger partial charge in [0.1, 0.15) is 5.02 Å². The first-order valence-electron chi connectivity index (χ1n) is 4.14. The predicted molar refractivity (Wildman–Crippen MR) is 64.4 cm³/mol. The summed E-state index contributed by atoms with van der Waals surface area (Å²) >= 11 is 13.2. The second kappa shape index (κ2) is 4.35. The molecule has 0 bridgehead atoms. The Morgan fingerprint density at radius 3 is 2.80 bits per heavy atom. The van der Waals surface area contributed by atoms with Gasteiger partial charge < -0.3 is 5.32 Å². The summed E-state index contributed by atoms with van der Waals surface area (Å²) in [5.74, 6) is 0.526. The van der Waals surface area contributed by atoms with Crippen molar-refractivity contribution >= 4 is 46.0 Å². The highest BCUT2D eigenvalue weighted by Crippen LogP contribution is 2.27. The van der Waals surface area contributed by atoms with Crippen LogP contribution in [0.4, 0.5) is 11.5 Å². The summed E-state index contributed by atoms with van der Waals surface area (Å²) in [6, 6.07) is 0. The fourth-order valence-electron chi connectivity index (χ4n) is 1.05. The molecule has 0 aromatic carbocycles. The second-order valence-electron chi connectivity index (χ2n) is 2.93. The van der Waals surface area contributed by atoms with Gasteiger partial charge in [-0.15, -0.1) is 11.3 Å². The maximum atomic E-state index is 5.92. The lowest BCUT2D eigenvalue weighted by Crippen LogP contribution is -1.96. The Bertz CT molecular complexity index is 484. The first-order chi connectivity index (χ1) is 7.16. The van der Waals surface area contributed by atoms with Gasteiger partial charge in [0.2, 0.25) is 5.28 Å². The van der Waals surface area contributed by atoms with Gasteiger partial charge in [-0.2, -0.15) is 4.98 Å². The Morgan fingerprint density at radius 1 is 1.33 bits per heavy atom. The van der Waals surface area contributed by atoms with Gasteiger partial charge in [-0.3, -0.25) is 0 Å². The number of halogens is 2. The first kappa shape index (κ1) is 10.7. The maximum Gasteiger partial charge on any atom is 0.224 e. The van der Waals surface area contributed by atoms with E-state index in [0.29, 0.717) is 10.8 Å². The molecule has 78 valence electrons. The highest BCUT2D eigenvalue weighted by Gasteiger charge is 2.06. The number of hydrogen-bond donors (Lipinski definition) is 1. The van der Waals surface area contributed by atoms with Crippen molar-refractivity contribution in [3.63, 3.8) is 0 Å². The third-order valence-electron chi connectivity index (χ3n) is 1.82. The number of rotatable bonds is 2. The largest absolute Gasteiger partial charge is 0.338 e. The molecule has 0 radical (unpaired) electrons. The molecule has 0 aliphatic carbocycles. The number of hydrogen-bond acceptors (Lipinski definition) is 4. The number of nitrogens with one attached hydrogen (secondary N) is 1. The van der Waals surface area contributed by atoms with E-state index in [2.05, 4.69) is 15.3 Å². The zero-order valence-corrected chi connectivity index (χ0v) is 10.1. The van der Waals surface area contributed by atoms with E-state index in [1.165, 1.54) is 6.20 Å². The fraction of sp³-hybridized carbons (Fsp3) is 0.111. The molecule has 0 aliphatic heterocycles. The smallest absolute Gasteiger partial charge is 0.224 e. The van der Waals surface area contributed by atoms with Gasteiger partial charge in [0.15, 0.2) is 5.82 Å². The van der Waals surface area contributed by atoms with Crippen LogP contribution < -0.4 is 5.32 Å². The SMILES string of the molecule is Cc1cscc1Nc1nc(Cl)ncc1Cl. The lowest BCUT2D eigenvalue weighted by atomic mass is 10.3. The molecule has 15 heavy (non-hydrogen) atoms. The van der Waals surface area contributed by atoms with Crippen LogP contribution in [-0.2, 0) is 0 Å². The zero-order chi connectivity index (χ0) is 10.8. The van der Waals surface area contributed by atoms with Crippen LogP contribution in [0.5, 0.6) is 0 Å². The molecular weight excluding hydrogens is 253 g/mol. The molecule has 3 nitrogen and oxygen atoms in total. The lowest BCUT2D eigenvalue weighted by molar-refractivity contribution is 1.17. The highest BCUT2D eigenvalue weighted by atomic mass is 35.5. The summed E-state index contributed by atoms with van der Waals surface area (Å²) in [4.78, 5) is 7.78. The molecule has 2 rings (SSSR count). The maximum absolute atomic E-state index is 5.92. The topological polar surface area (TPSA) is 37.8 Å². The molecule has 2 heterocycles. The monoisotopic (exact) mass is 259 g/mol. The van der Waals surface area contributed by atoms with Crippen molar-refractivity contribution in [2.75, 3.05) is 5.32 Å². The molecule has 0 aliphatic rings. The molecule has 0 amide bonds. The van der Waals surface area contributed by atoms with Crippen molar-refractivity contribution in [2.24, 2.45) is 0 Å². The number of nitrogens with zero attached hydrogens (tertiary/aromatic N) is 2. The Labute approximate surface area is 101 Å². The minimum absolute atomic E-state index is 0.176. The summed E-state index contributed by atoms with van der Waals surface area (Å²) < 4.78 is 0. The molecule has 0 saturated carbocycles. The Balaban J connectivity index is 2.32. The predicted octanol–water partition coefficient (Wildman–Crippen LogP) is 3.90. The molecule has 0 atom stereocenters. The number of thiophene rings is 1. The van der Waals surface area contributed by atoms with Crippen LogP contribution in [0.25, 0.3) is 0 Å². The molecule has 0 saturated heterocycles. The molecule has 1 N–H and O–H groups in total. The van der Waals surface area contributed by atoms with Crippen LogP contribution in [0.3, 0.4) is 0 Å². The normalized spacial score (nSPS) is 10.3. The van der Waals surface area contributed by atoms with E-state index in [1.54, 1.807) is 11.3 Å². The fourth-order valence-corrected chi connectivity index (χ4v) is 2.10. The minimum Gasteiger partial charge on any atom is -0.338 e. The lowest BCUT2D eigenvalue weighted by Gasteiger charge is -2.06. The van der Waals surface area contributed by atoms with Crippen LogP contribution >= 0.6 is 34.5 Å². The number of aryl methyl sites for hydroxylation is 1. The van der Waals surface area contributed by atoms with Crippen molar-refractivity contribution in [1.82, 2.24) is 9.97 Å². The van der Waals surface area contributed by atoms with Gasteiger partial charge in [-0.25, -0.2) is 4.98 Å². The highest BCUT2D eigenvalue weighted by molar-refractivity contribution is 7.08. The van der Waals surface area contributed by atoms with Crippen molar-refractivity contribution in [3.8, 4) is 0 Å². The van der Waals surface area contributed by atoms with Crippen LogP contribution in [0.1, 0.15) is 5.56 Å². The summed E-state index contributed by atoms with van der Waals surface area (Å²) in [5.41, 5.74) is 2.13. The van der Waals surface area contributed by atoms with Gasteiger partial charge in [-0.05, 0) is 29.5 Å². The Morgan fingerprint density at radius 2 is 2.13 bits per heavy atom. The first-order valence-corrected chi connectivity index (χ1v) is 5.84. The van der Waals surface area contributed by atoms with Gasteiger partial charge in [0.05, 0.1) is 11.9 Å². The van der Waals surface area contributed by atoms with Gasteiger partial charge in [0, 0.05) is 5.38 Å². The molecular formula is C9H7Cl2N3S. The second-order valence-corrected chi connectivity index (χ2v) is 4.42. The summed E-state index contributed by atoms with van der Waals surface area (Å²) in [6.45, 7) is 2.01. The van der Waals surface area contributed by atoms with Crippen molar-refractivity contribution in [2.45, 2.75) is 6.92 Å². The molecule has 2 aromatic heterocycles. The average Bonchev–Trinajstić information content (AvgIpc) is 2.58. The third kappa shape index (κ3) is 2.40. The van der Waals surface area contributed by atoms with E-state index in [9.17, 15) is 0 Å². The number of aromatic nitrogens is 2. The summed E-state index contributed by atoms with van der Waals surface area (Å²) in [5, 5.41) is 7.76. The standard InChI is InChI=1S/C9H7Cl2N3S/c1-5-3-15-4-7(5)13-8-6(10)2-12-9(11)14-8/h2-4H,1H3,(H,12,13,14). The van der Waals surface area contributed by atoms with E-state index in [0.717, 1.165) is 11.3 Å². The Hall–Kier alpha value is -0.840. The minimum atomic E-state index is 0.176. The van der Waals surface area contributed by atoms with E-state index in [-0.39, 0.29) is 5.28 Å². The van der Waals surface area contributed by atoms with Crippen molar-refractivity contribution in [1.29, 1.82) is 0 Å². The van der Waals surface area contributed by atoms with E-state index in [4.69, 9.17) is 23.2 Å². The van der Waals surface area contributed by atoms with E-state index < -0.39 is 0 Å². The number of anilines is 2. The molecule has 0 unspecified atom stereocenters. The van der Waals surface area contributed by atoms with Crippen molar-refractivity contribution in [3.05, 3.63) is 32.8 Å². The quantitative estimate of drug-likeness (QED) is 0.832. The third-order valence-corrected chi connectivity index (χ3v) is 3.14. The van der Waals surface area contributed by atoms with E-state index in [1.807, 2.05) is 17.7 Å². The molecule has 6 heteroatoms. The van der Waals surface area contributed by atoms with Gasteiger partial charge in [0.25, 0.3) is 0 Å². The van der Waals surface area contributed by atoms with Gasteiger partial charge >= 0.3 is 0 Å².